The number of pyridine rings is 1. The average molecular weight is 358 g/mol. The molecule has 0 spiro atoms. The number of rotatable bonds is 4. The summed E-state index contributed by atoms with van der Waals surface area (Å²) in [6.45, 7) is 2.02. The van der Waals surface area contributed by atoms with Crippen LogP contribution in [-0.2, 0) is 0 Å². The second-order valence-corrected chi connectivity index (χ2v) is 6.58. The van der Waals surface area contributed by atoms with E-state index < -0.39 is 0 Å². The zero-order chi connectivity index (χ0) is 18.8. The molecule has 2 N–H and O–H groups in total. The van der Waals surface area contributed by atoms with Crippen LogP contribution in [0.1, 0.15) is 22.7 Å². The Morgan fingerprint density at radius 2 is 1.78 bits per heavy atom. The quantitative estimate of drug-likeness (QED) is 0.500. The van der Waals surface area contributed by atoms with E-state index in [2.05, 4.69) is 10.3 Å². The lowest BCUT2D eigenvalue weighted by Crippen LogP contribution is -2.13. The van der Waals surface area contributed by atoms with Crippen LogP contribution in [0.2, 0.25) is 0 Å². The molecule has 1 aromatic heterocycles. The number of fused-ring (bicyclic) bond motifs is 1. The van der Waals surface area contributed by atoms with Crippen LogP contribution in [0, 0.1) is 12.7 Å². The molecule has 1 unspecified atom stereocenters. The van der Waals surface area contributed by atoms with Crippen LogP contribution in [-0.4, -0.2) is 10.1 Å². The van der Waals surface area contributed by atoms with Gasteiger partial charge in [0.15, 0.2) is 0 Å². The van der Waals surface area contributed by atoms with Crippen LogP contribution in [0.5, 0.6) is 5.75 Å². The second-order valence-electron chi connectivity index (χ2n) is 6.58. The van der Waals surface area contributed by atoms with Gasteiger partial charge in [-0.2, -0.15) is 0 Å². The number of anilines is 1. The first kappa shape index (κ1) is 17.0. The van der Waals surface area contributed by atoms with E-state index in [9.17, 15) is 9.50 Å². The summed E-state index contributed by atoms with van der Waals surface area (Å²) in [6.07, 6.45) is 1.66. The molecule has 4 heteroatoms. The van der Waals surface area contributed by atoms with Crippen molar-refractivity contribution in [3.8, 4) is 5.75 Å². The lowest BCUT2D eigenvalue weighted by Gasteiger charge is -2.23. The molecular formula is C23H19FN2O. The first-order chi connectivity index (χ1) is 13.1. The molecule has 134 valence electrons. The van der Waals surface area contributed by atoms with Crippen LogP contribution >= 0.6 is 0 Å². The number of aromatic nitrogens is 1. The number of aromatic hydroxyl groups is 1. The molecule has 1 atom stereocenters. The fourth-order valence-electron chi connectivity index (χ4n) is 3.28. The number of phenolic OH excluding ortho intramolecular Hbond substituents is 1. The third-order valence-electron chi connectivity index (χ3n) is 4.62. The molecule has 4 rings (SSSR count). The summed E-state index contributed by atoms with van der Waals surface area (Å²) in [5.41, 5.74) is 4.14. The molecule has 0 aliphatic heterocycles. The molecule has 0 saturated heterocycles. The molecule has 0 bridgehead atoms. The predicted molar refractivity (Wildman–Crippen MR) is 106 cm³/mol. The van der Waals surface area contributed by atoms with Crippen LogP contribution < -0.4 is 5.32 Å². The molecule has 0 aliphatic rings. The highest BCUT2D eigenvalue weighted by atomic mass is 19.1. The molecule has 0 fully saturated rings. The Bertz CT molecular complexity index is 1090. The Morgan fingerprint density at radius 3 is 2.56 bits per heavy atom. The summed E-state index contributed by atoms with van der Waals surface area (Å²) in [6, 6.07) is 21.5. The minimum Gasteiger partial charge on any atom is -0.505 e. The van der Waals surface area contributed by atoms with E-state index in [1.54, 1.807) is 18.3 Å². The minimum atomic E-state index is -0.348. The maximum atomic E-state index is 13.4. The number of aryl methyl sites for hydroxylation is 1. The third-order valence-corrected chi connectivity index (χ3v) is 4.62. The number of hydrogen-bond acceptors (Lipinski definition) is 3. The Labute approximate surface area is 157 Å². The van der Waals surface area contributed by atoms with Gasteiger partial charge in [-0.15, -0.1) is 0 Å². The van der Waals surface area contributed by atoms with Gasteiger partial charge in [0.25, 0.3) is 0 Å². The molecule has 0 aliphatic carbocycles. The zero-order valence-electron chi connectivity index (χ0n) is 14.9. The summed E-state index contributed by atoms with van der Waals surface area (Å²) >= 11 is 0. The normalized spacial score (nSPS) is 12.1. The van der Waals surface area contributed by atoms with Crippen LogP contribution in [0.4, 0.5) is 10.1 Å². The van der Waals surface area contributed by atoms with E-state index >= 15 is 0 Å². The van der Waals surface area contributed by atoms with Crippen molar-refractivity contribution in [2.75, 3.05) is 5.32 Å². The summed E-state index contributed by atoms with van der Waals surface area (Å²) < 4.78 is 13.4. The highest BCUT2D eigenvalue weighted by Crippen LogP contribution is 2.36. The Balaban J connectivity index is 1.84. The highest BCUT2D eigenvalue weighted by Gasteiger charge is 2.20. The average Bonchev–Trinajstić information content (AvgIpc) is 2.68. The molecule has 4 aromatic rings. The van der Waals surface area contributed by atoms with Crippen molar-refractivity contribution in [3.63, 3.8) is 0 Å². The second kappa shape index (κ2) is 7.08. The molecule has 3 aromatic carbocycles. The summed E-state index contributed by atoms with van der Waals surface area (Å²) in [5, 5.41) is 15.2. The number of benzene rings is 3. The van der Waals surface area contributed by atoms with Crippen molar-refractivity contribution < 1.29 is 9.50 Å². The maximum Gasteiger partial charge on any atom is 0.147 e. The lowest BCUT2D eigenvalue weighted by molar-refractivity contribution is 0.471. The Hall–Kier alpha value is -3.40. The van der Waals surface area contributed by atoms with E-state index in [1.807, 2.05) is 55.5 Å². The Kier molecular flexibility index (Phi) is 4.47. The van der Waals surface area contributed by atoms with Crippen molar-refractivity contribution >= 4 is 16.6 Å². The smallest absolute Gasteiger partial charge is 0.147 e. The van der Waals surface area contributed by atoms with Gasteiger partial charge in [0.2, 0.25) is 0 Å². The molecule has 0 radical (unpaired) electrons. The van der Waals surface area contributed by atoms with Crippen molar-refractivity contribution in [2.45, 2.75) is 13.0 Å². The summed E-state index contributed by atoms with van der Waals surface area (Å²) in [7, 11) is 0. The fourth-order valence-corrected chi connectivity index (χ4v) is 3.28. The van der Waals surface area contributed by atoms with E-state index in [1.165, 1.54) is 12.1 Å². The number of phenols is 1. The Morgan fingerprint density at radius 1 is 0.963 bits per heavy atom. The number of halogens is 1. The predicted octanol–water partition coefficient (Wildman–Crippen LogP) is 5.59. The molecule has 1 heterocycles. The lowest BCUT2D eigenvalue weighted by atomic mass is 9.96. The van der Waals surface area contributed by atoms with Crippen molar-refractivity contribution in [1.29, 1.82) is 0 Å². The van der Waals surface area contributed by atoms with Crippen LogP contribution in [0.25, 0.3) is 10.9 Å². The zero-order valence-corrected chi connectivity index (χ0v) is 14.9. The van der Waals surface area contributed by atoms with E-state index in [0.29, 0.717) is 11.1 Å². The highest BCUT2D eigenvalue weighted by molar-refractivity contribution is 5.86. The van der Waals surface area contributed by atoms with E-state index in [0.717, 1.165) is 22.2 Å². The molecule has 3 nitrogen and oxygen atoms in total. The molecule has 27 heavy (non-hydrogen) atoms. The van der Waals surface area contributed by atoms with E-state index in [-0.39, 0.29) is 17.6 Å². The van der Waals surface area contributed by atoms with Gasteiger partial charge in [0, 0.05) is 22.8 Å². The van der Waals surface area contributed by atoms with Gasteiger partial charge >= 0.3 is 0 Å². The van der Waals surface area contributed by atoms with Crippen molar-refractivity contribution in [1.82, 2.24) is 4.98 Å². The maximum absolute atomic E-state index is 13.4. The molecule has 0 amide bonds. The third kappa shape index (κ3) is 3.47. The van der Waals surface area contributed by atoms with Gasteiger partial charge in [-0.1, -0.05) is 42.5 Å². The fraction of sp³-hybridized carbons (Fsp3) is 0.0870. The number of nitrogens with one attached hydrogen (secondary N) is 1. The standard InChI is InChI=1S/C23H19FN2O/c1-15-4-2-6-19(14-15)26-21(17-7-10-18(24)11-8-17)20-12-9-16-5-3-13-25-22(16)23(20)27/h2-14,21,26-27H,1H3. The summed E-state index contributed by atoms with van der Waals surface area (Å²) in [4.78, 5) is 4.31. The SMILES string of the molecule is Cc1cccc(NC(c2ccc(F)cc2)c2ccc3cccnc3c2O)c1. The first-order valence-electron chi connectivity index (χ1n) is 8.77. The first-order valence-corrected chi connectivity index (χ1v) is 8.77. The van der Waals surface area contributed by atoms with Crippen molar-refractivity contribution in [3.05, 3.63) is 102 Å². The molecular weight excluding hydrogens is 339 g/mol. The van der Waals surface area contributed by atoms with Crippen molar-refractivity contribution in [2.24, 2.45) is 0 Å². The topological polar surface area (TPSA) is 45.2 Å². The monoisotopic (exact) mass is 358 g/mol. The van der Waals surface area contributed by atoms with Gasteiger partial charge < -0.3 is 10.4 Å². The van der Waals surface area contributed by atoms with E-state index in [4.69, 9.17) is 0 Å². The number of hydrogen-bond donors (Lipinski definition) is 2. The van der Waals surface area contributed by atoms with Gasteiger partial charge in [0.05, 0.1) is 6.04 Å². The number of nitrogens with zero attached hydrogens (tertiary/aromatic N) is 1. The van der Waals surface area contributed by atoms with Crippen LogP contribution in [0.15, 0.2) is 79.0 Å². The van der Waals surface area contributed by atoms with Gasteiger partial charge in [-0.3, -0.25) is 4.98 Å². The summed E-state index contributed by atoms with van der Waals surface area (Å²) in [5.74, 6) is -0.167. The molecule has 0 saturated carbocycles. The van der Waals surface area contributed by atoms with Crippen LogP contribution in [0.3, 0.4) is 0 Å². The van der Waals surface area contributed by atoms with Gasteiger partial charge in [-0.05, 0) is 48.4 Å². The van der Waals surface area contributed by atoms with Gasteiger partial charge in [0.1, 0.15) is 17.1 Å². The largest absolute Gasteiger partial charge is 0.505 e. The van der Waals surface area contributed by atoms with Gasteiger partial charge in [-0.25, -0.2) is 4.39 Å². The minimum absolute atomic E-state index is 0.127.